The topological polar surface area (TPSA) is 6.48 Å². The van der Waals surface area contributed by atoms with Gasteiger partial charge in [-0.25, -0.2) is 0 Å². The molecule has 45 heavy (non-hydrogen) atoms. The fourth-order valence-corrected chi connectivity index (χ4v) is 7.33. The number of hydrogen-bond acceptors (Lipinski definition) is 2. The van der Waals surface area contributed by atoms with E-state index in [1.165, 1.54) is 72.7 Å². The first-order valence-corrected chi connectivity index (χ1v) is 15.6. The third kappa shape index (κ3) is 4.05. The Kier molecular flexibility index (Phi) is 5.95. The zero-order valence-corrected chi connectivity index (χ0v) is 24.7. The van der Waals surface area contributed by atoms with Crippen LogP contribution in [0.4, 0.5) is 22.7 Å². The first kappa shape index (κ1) is 25.7. The molecule has 0 aliphatic carbocycles. The molecule has 0 atom stereocenters. The average molecular weight is 573 g/mol. The van der Waals surface area contributed by atoms with E-state index in [9.17, 15) is 0 Å². The summed E-state index contributed by atoms with van der Waals surface area (Å²) < 4.78 is 0. The van der Waals surface area contributed by atoms with Gasteiger partial charge in [-0.3, -0.25) is 0 Å². The fraction of sp³-hybridized carbons (Fsp3) is 0. The smallest absolute Gasteiger partial charge is 0.361 e. The summed E-state index contributed by atoms with van der Waals surface area (Å²) in [6.07, 6.45) is 0. The van der Waals surface area contributed by atoms with Crippen LogP contribution >= 0.6 is 0 Å². The minimum absolute atomic E-state index is 0.0805. The summed E-state index contributed by atoms with van der Waals surface area (Å²) in [5, 5.41) is 0. The highest BCUT2D eigenvalue weighted by atomic mass is 15.2. The van der Waals surface area contributed by atoms with E-state index in [-0.39, 0.29) is 6.98 Å². The Bertz CT molecular complexity index is 2060. The van der Waals surface area contributed by atoms with Gasteiger partial charge in [0.25, 0.3) is 0 Å². The van der Waals surface area contributed by atoms with Gasteiger partial charge < -0.3 is 9.62 Å². The molecular weight excluding hydrogens is 543 g/mol. The Morgan fingerprint density at radius 1 is 0.311 bits per heavy atom. The van der Waals surface area contributed by atoms with Gasteiger partial charge in [-0.15, -0.1) is 0 Å². The van der Waals surface area contributed by atoms with Crippen LogP contribution in [0.5, 0.6) is 0 Å². The van der Waals surface area contributed by atoms with Crippen LogP contribution in [0.15, 0.2) is 176 Å². The van der Waals surface area contributed by atoms with Gasteiger partial charge in [0.15, 0.2) is 0 Å². The van der Waals surface area contributed by atoms with E-state index in [1.54, 1.807) is 0 Å². The molecule has 3 heteroatoms. The van der Waals surface area contributed by atoms with Crippen molar-refractivity contribution >= 4 is 35.2 Å². The highest BCUT2D eigenvalue weighted by molar-refractivity contribution is 6.86. The zero-order valence-electron chi connectivity index (χ0n) is 24.7. The number of nitrogens with zero attached hydrogens (tertiary/aromatic N) is 2. The second kappa shape index (κ2) is 10.4. The number of anilines is 4. The van der Waals surface area contributed by atoms with Crippen molar-refractivity contribution in [1.82, 2.24) is 0 Å². The van der Waals surface area contributed by atoms with Gasteiger partial charge in [-0.05, 0) is 87.4 Å². The maximum absolute atomic E-state index is 2.53. The van der Waals surface area contributed by atoms with Crippen LogP contribution in [0.2, 0.25) is 0 Å². The van der Waals surface area contributed by atoms with Crippen molar-refractivity contribution in [3.8, 4) is 44.5 Å². The summed E-state index contributed by atoms with van der Waals surface area (Å²) >= 11 is 0. The van der Waals surface area contributed by atoms with E-state index in [0.717, 1.165) is 0 Å². The molecule has 0 saturated heterocycles. The summed E-state index contributed by atoms with van der Waals surface area (Å²) in [5.74, 6) is 0. The molecule has 0 amide bonds. The van der Waals surface area contributed by atoms with Gasteiger partial charge in [0.1, 0.15) is 0 Å². The van der Waals surface area contributed by atoms with Crippen molar-refractivity contribution in [1.29, 1.82) is 0 Å². The third-order valence-corrected chi connectivity index (χ3v) is 9.23. The van der Waals surface area contributed by atoms with E-state index < -0.39 is 0 Å². The molecule has 9 rings (SSSR count). The lowest BCUT2D eigenvalue weighted by Crippen LogP contribution is -2.61. The Hall–Kier alpha value is -5.80. The normalized spacial score (nSPS) is 12.8. The third-order valence-electron chi connectivity index (χ3n) is 9.23. The SMILES string of the molecule is c1ccc(-c2ccccc2-c2cc3c4c(c2)-c2ccccc2N(c2ccccc2)B4N(c2ccccc2)c2ccccc2-3)cc1. The lowest BCUT2D eigenvalue weighted by Gasteiger charge is -2.48. The zero-order chi connectivity index (χ0) is 29.7. The van der Waals surface area contributed by atoms with E-state index in [4.69, 9.17) is 0 Å². The summed E-state index contributed by atoms with van der Waals surface area (Å²) in [6, 6.07) is 63.9. The molecule has 0 radical (unpaired) electrons. The molecule has 0 fully saturated rings. The minimum atomic E-state index is -0.0805. The molecule has 2 aliphatic rings. The Labute approximate surface area is 264 Å². The van der Waals surface area contributed by atoms with E-state index in [1.807, 2.05) is 0 Å². The fourth-order valence-electron chi connectivity index (χ4n) is 7.33. The number of hydrogen-bond donors (Lipinski definition) is 0. The Morgan fingerprint density at radius 3 is 1.18 bits per heavy atom. The van der Waals surface area contributed by atoms with Crippen LogP contribution in [0.1, 0.15) is 0 Å². The summed E-state index contributed by atoms with van der Waals surface area (Å²) in [4.78, 5) is 5.06. The maximum Gasteiger partial charge on any atom is 0.421 e. The second-order valence-corrected chi connectivity index (χ2v) is 11.7. The van der Waals surface area contributed by atoms with Crippen molar-refractivity contribution in [2.75, 3.05) is 9.62 Å². The van der Waals surface area contributed by atoms with Crippen molar-refractivity contribution in [2.24, 2.45) is 0 Å². The van der Waals surface area contributed by atoms with Crippen LogP contribution in [-0.4, -0.2) is 6.98 Å². The average Bonchev–Trinajstić information content (AvgIpc) is 3.13. The van der Waals surface area contributed by atoms with Crippen molar-refractivity contribution in [3.05, 3.63) is 176 Å². The quantitative estimate of drug-likeness (QED) is 0.194. The van der Waals surface area contributed by atoms with Crippen LogP contribution in [0.3, 0.4) is 0 Å². The van der Waals surface area contributed by atoms with Crippen molar-refractivity contribution < 1.29 is 0 Å². The molecule has 2 nitrogen and oxygen atoms in total. The summed E-state index contributed by atoms with van der Waals surface area (Å²) in [7, 11) is 0. The first-order chi connectivity index (χ1) is 22.4. The molecule has 0 unspecified atom stereocenters. The van der Waals surface area contributed by atoms with E-state index in [0.29, 0.717) is 0 Å². The van der Waals surface area contributed by atoms with Crippen molar-refractivity contribution in [2.45, 2.75) is 0 Å². The van der Waals surface area contributed by atoms with Gasteiger partial charge in [-0.2, -0.15) is 0 Å². The molecule has 0 N–H and O–H groups in total. The largest absolute Gasteiger partial charge is 0.421 e. The van der Waals surface area contributed by atoms with Crippen LogP contribution < -0.4 is 15.1 Å². The number of para-hydroxylation sites is 4. The number of fused-ring (bicyclic) bond motifs is 4. The maximum atomic E-state index is 2.53. The Morgan fingerprint density at radius 2 is 0.689 bits per heavy atom. The Balaban J connectivity index is 1.39. The van der Waals surface area contributed by atoms with Gasteiger partial charge in [0.05, 0.1) is 0 Å². The van der Waals surface area contributed by atoms with E-state index >= 15 is 0 Å². The molecular formula is C42H29BN2. The summed E-state index contributed by atoms with van der Waals surface area (Å²) in [5.41, 5.74) is 16.1. The van der Waals surface area contributed by atoms with Crippen molar-refractivity contribution in [3.63, 3.8) is 0 Å². The molecule has 0 saturated carbocycles. The highest BCUT2D eigenvalue weighted by Crippen LogP contribution is 2.50. The van der Waals surface area contributed by atoms with Crippen LogP contribution in [0, 0.1) is 0 Å². The van der Waals surface area contributed by atoms with Crippen LogP contribution in [-0.2, 0) is 0 Å². The summed E-state index contributed by atoms with van der Waals surface area (Å²) in [6.45, 7) is -0.0805. The lowest BCUT2D eigenvalue weighted by molar-refractivity contribution is 1.26. The van der Waals surface area contributed by atoms with Crippen LogP contribution in [0.25, 0.3) is 44.5 Å². The molecule has 210 valence electrons. The first-order valence-electron chi connectivity index (χ1n) is 15.6. The monoisotopic (exact) mass is 572 g/mol. The van der Waals surface area contributed by atoms with Gasteiger partial charge in [0.2, 0.25) is 0 Å². The van der Waals surface area contributed by atoms with Gasteiger partial charge in [0, 0.05) is 33.9 Å². The standard InChI is InChI=1S/C42H29BN2/c1-4-16-30(17-5-1)34-22-10-11-23-35(34)31-28-38-36-24-12-14-26-40(36)44(32-18-6-2-7-19-32)43-42(38)39(29-31)37-25-13-15-27-41(37)45(43)33-20-8-3-9-21-33/h1-29H. The predicted octanol–water partition coefficient (Wildman–Crippen LogP) is 10.4. The van der Waals surface area contributed by atoms with E-state index in [2.05, 4.69) is 186 Å². The predicted molar refractivity (Wildman–Crippen MR) is 191 cm³/mol. The number of rotatable bonds is 4. The molecule has 0 bridgehead atoms. The molecule has 2 aliphatic heterocycles. The molecule has 7 aromatic carbocycles. The molecule has 7 aromatic rings. The minimum Gasteiger partial charge on any atom is -0.361 e. The molecule has 2 heterocycles. The lowest BCUT2D eigenvalue weighted by atomic mass is 9.53. The molecule has 0 aromatic heterocycles. The molecule has 0 spiro atoms. The second-order valence-electron chi connectivity index (χ2n) is 11.7. The highest BCUT2D eigenvalue weighted by Gasteiger charge is 2.46. The van der Waals surface area contributed by atoms with Gasteiger partial charge in [-0.1, -0.05) is 127 Å². The van der Waals surface area contributed by atoms with Gasteiger partial charge >= 0.3 is 6.98 Å². The number of benzene rings is 7.